The SMILES string of the molecule is NCC1CCCCC1NC(=O)c1ccc(C2SCCCS2)cc1. The van der Waals surface area contributed by atoms with E-state index in [1.165, 1.54) is 36.3 Å². The van der Waals surface area contributed by atoms with Crippen LogP contribution in [0.15, 0.2) is 24.3 Å². The van der Waals surface area contributed by atoms with Crippen molar-refractivity contribution in [3.8, 4) is 0 Å². The van der Waals surface area contributed by atoms with Crippen LogP contribution in [0.5, 0.6) is 0 Å². The summed E-state index contributed by atoms with van der Waals surface area (Å²) in [4.78, 5) is 12.5. The molecule has 23 heavy (non-hydrogen) atoms. The van der Waals surface area contributed by atoms with Gasteiger partial charge in [-0.15, -0.1) is 23.5 Å². The van der Waals surface area contributed by atoms with Crippen LogP contribution < -0.4 is 11.1 Å². The molecular weight excluding hydrogens is 324 g/mol. The van der Waals surface area contributed by atoms with Crippen molar-refractivity contribution in [3.05, 3.63) is 35.4 Å². The largest absolute Gasteiger partial charge is 0.349 e. The molecule has 126 valence electrons. The lowest BCUT2D eigenvalue weighted by Gasteiger charge is -2.31. The monoisotopic (exact) mass is 350 g/mol. The number of thioether (sulfide) groups is 2. The van der Waals surface area contributed by atoms with E-state index in [2.05, 4.69) is 17.4 Å². The summed E-state index contributed by atoms with van der Waals surface area (Å²) < 4.78 is 0.529. The van der Waals surface area contributed by atoms with Crippen molar-refractivity contribution in [1.29, 1.82) is 0 Å². The molecule has 1 aromatic rings. The average molecular weight is 351 g/mol. The summed E-state index contributed by atoms with van der Waals surface area (Å²) >= 11 is 4.02. The van der Waals surface area contributed by atoms with Gasteiger partial charge in [-0.1, -0.05) is 25.0 Å². The highest BCUT2D eigenvalue weighted by Crippen LogP contribution is 2.43. The maximum Gasteiger partial charge on any atom is 0.251 e. The quantitative estimate of drug-likeness (QED) is 0.867. The molecule has 2 fully saturated rings. The molecule has 5 heteroatoms. The predicted molar refractivity (Wildman–Crippen MR) is 101 cm³/mol. The van der Waals surface area contributed by atoms with Crippen molar-refractivity contribution >= 4 is 29.4 Å². The van der Waals surface area contributed by atoms with Gasteiger partial charge in [0.1, 0.15) is 0 Å². The Labute approximate surface area is 147 Å². The molecule has 1 aromatic carbocycles. The topological polar surface area (TPSA) is 55.1 Å². The molecule has 1 saturated heterocycles. The van der Waals surface area contributed by atoms with Crippen LogP contribution in [0.1, 0.15) is 52.6 Å². The maximum atomic E-state index is 12.5. The molecule has 1 heterocycles. The summed E-state index contributed by atoms with van der Waals surface area (Å²) in [5.41, 5.74) is 7.95. The Morgan fingerprint density at radius 1 is 1.09 bits per heavy atom. The molecule has 1 aliphatic heterocycles. The zero-order valence-electron chi connectivity index (χ0n) is 13.5. The average Bonchev–Trinajstić information content (AvgIpc) is 2.63. The summed E-state index contributed by atoms with van der Waals surface area (Å²) in [6.07, 6.45) is 5.92. The van der Waals surface area contributed by atoms with Crippen molar-refractivity contribution in [1.82, 2.24) is 5.32 Å². The first-order chi connectivity index (χ1) is 11.3. The molecule has 0 bridgehead atoms. The molecule has 0 spiro atoms. The number of carbonyl (C=O) groups excluding carboxylic acids is 1. The number of nitrogens with two attached hydrogens (primary N) is 1. The number of amides is 1. The van der Waals surface area contributed by atoms with E-state index >= 15 is 0 Å². The van der Waals surface area contributed by atoms with E-state index in [0.29, 0.717) is 17.0 Å². The Bertz CT molecular complexity index is 514. The highest BCUT2D eigenvalue weighted by Gasteiger charge is 2.25. The Morgan fingerprint density at radius 3 is 2.48 bits per heavy atom. The van der Waals surface area contributed by atoms with Crippen molar-refractivity contribution < 1.29 is 4.79 Å². The van der Waals surface area contributed by atoms with Crippen molar-refractivity contribution in [2.75, 3.05) is 18.1 Å². The van der Waals surface area contributed by atoms with E-state index in [0.717, 1.165) is 18.4 Å². The second-order valence-corrected chi connectivity index (χ2v) is 9.13. The summed E-state index contributed by atoms with van der Waals surface area (Å²) in [7, 11) is 0. The maximum absolute atomic E-state index is 12.5. The molecule has 0 aromatic heterocycles. The first kappa shape index (κ1) is 17.2. The number of nitrogens with one attached hydrogen (secondary N) is 1. The number of hydrogen-bond donors (Lipinski definition) is 2. The van der Waals surface area contributed by atoms with E-state index in [1.807, 2.05) is 35.7 Å². The van der Waals surface area contributed by atoms with Crippen LogP contribution >= 0.6 is 23.5 Å². The molecule has 1 aliphatic carbocycles. The number of rotatable bonds is 4. The van der Waals surface area contributed by atoms with Crippen molar-refractivity contribution in [3.63, 3.8) is 0 Å². The third kappa shape index (κ3) is 4.46. The van der Waals surface area contributed by atoms with E-state index < -0.39 is 0 Å². The molecular formula is C18H26N2OS2. The minimum atomic E-state index is 0.0471. The van der Waals surface area contributed by atoms with Gasteiger partial charge in [-0.25, -0.2) is 0 Å². The molecule has 3 N–H and O–H groups in total. The summed E-state index contributed by atoms with van der Waals surface area (Å²) in [6.45, 7) is 0.667. The smallest absolute Gasteiger partial charge is 0.251 e. The first-order valence-electron chi connectivity index (χ1n) is 8.62. The Hall–Kier alpha value is -0.650. The minimum absolute atomic E-state index is 0.0471. The fourth-order valence-corrected chi connectivity index (χ4v) is 6.30. The number of benzene rings is 1. The fourth-order valence-electron chi connectivity index (χ4n) is 3.40. The van der Waals surface area contributed by atoms with Crippen LogP contribution in [0.2, 0.25) is 0 Å². The molecule has 2 unspecified atom stereocenters. The van der Waals surface area contributed by atoms with Gasteiger partial charge in [-0.05, 0) is 60.9 Å². The van der Waals surface area contributed by atoms with Gasteiger partial charge in [0.25, 0.3) is 5.91 Å². The van der Waals surface area contributed by atoms with Gasteiger partial charge < -0.3 is 11.1 Å². The molecule has 1 amide bonds. The van der Waals surface area contributed by atoms with Gasteiger partial charge in [-0.2, -0.15) is 0 Å². The van der Waals surface area contributed by atoms with E-state index in [9.17, 15) is 4.79 Å². The van der Waals surface area contributed by atoms with Crippen molar-refractivity contribution in [2.45, 2.75) is 42.7 Å². The van der Waals surface area contributed by atoms with E-state index in [4.69, 9.17) is 5.73 Å². The molecule has 1 saturated carbocycles. The van der Waals surface area contributed by atoms with Crippen molar-refractivity contribution in [2.24, 2.45) is 11.7 Å². The van der Waals surface area contributed by atoms with E-state index in [1.54, 1.807) is 0 Å². The van der Waals surface area contributed by atoms with Crippen LogP contribution in [0.3, 0.4) is 0 Å². The third-order valence-electron chi connectivity index (χ3n) is 4.80. The zero-order valence-corrected chi connectivity index (χ0v) is 15.1. The second kappa shape index (κ2) is 8.45. The van der Waals surface area contributed by atoms with Gasteiger partial charge in [0.2, 0.25) is 0 Å². The second-order valence-electron chi connectivity index (χ2n) is 6.41. The summed E-state index contributed by atoms with van der Waals surface area (Å²) in [6, 6.07) is 8.42. The lowest BCUT2D eigenvalue weighted by atomic mass is 9.84. The highest BCUT2D eigenvalue weighted by atomic mass is 32.2. The molecule has 3 nitrogen and oxygen atoms in total. The summed E-state index contributed by atoms with van der Waals surface area (Å²) in [5.74, 6) is 2.96. The van der Waals surface area contributed by atoms with Crippen LogP contribution in [-0.4, -0.2) is 30.0 Å². The van der Waals surface area contributed by atoms with Crippen LogP contribution in [-0.2, 0) is 0 Å². The Morgan fingerprint density at radius 2 is 1.78 bits per heavy atom. The molecule has 3 rings (SSSR count). The van der Waals surface area contributed by atoms with Gasteiger partial charge in [-0.3, -0.25) is 4.79 Å². The first-order valence-corrected chi connectivity index (χ1v) is 10.7. The fraction of sp³-hybridized carbons (Fsp3) is 0.611. The lowest BCUT2D eigenvalue weighted by Crippen LogP contribution is -2.44. The van der Waals surface area contributed by atoms with Gasteiger partial charge >= 0.3 is 0 Å². The van der Waals surface area contributed by atoms with Crippen LogP contribution in [0.4, 0.5) is 0 Å². The predicted octanol–water partition coefficient (Wildman–Crippen LogP) is 3.80. The Balaban J connectivity index is 1.60. The highest BCUT2D eigenvalue weighted by molar-refractivity contribution is 8.16. The standard InChI is InChI=1S/C18H26N2OS2/c19-12-15-4-1-2-5-16(15)20-17(21)13-6-8-14(9-7-13)18-22-10-3-11-23-18/h6-9,15-16,18H,1-5,10-12,19H2,(H,20,21). The number of carbonyl (C=O) groups is 1. The molecule has 0 radical (unpaired) electrons. The van der Waals surface area contributed by atoms with Crippen LogP contribution in [0.25, 0.3) is 0 Å². The Kier molecular flexibility index (Phi) is 6.31. The lowest BCUT2D eigenvalue weighted by molar-refractivity contribution is 0.0908. The molecule has 2 aliphatic rings. The van der Waals surface area contributed by atoms with Crippen LogP contribution in [0, 0.1) is 5.92 Å². The van der Waals surface area contributed by atoms with Gasteiger partial charge in [0, 0.05) is 11.6 Å². The minimum Gasteiger partial charge on any atom is -0.349 e. The summed E-state index contributed by atoms with van der Waals surface area (Å²) in [5, 5.41) is 3.21. The van der Waals surface area contributed by atoms with Gasteiger partial charge in [0.05, 0.1) is 4.58 Å². The molecule has 2 atom stereocenters. The third-order valence-corrected chi connectivity index (χ3v) is 7.82. The zero-order chi connectivity index (χ0) is 16.1. The van der Waals surface area contributed by atoms with E-state index in [-0.39, 0.29) is 11.9 Å². The normalized spacial score (nSPS) is 26.0. The van der Waals surface area contributed by atoms with Gasteiger partial charge in [0.15, 0.2) is 0 Å². The number of hydrogen-bond acceptors (Lipinski definition) is 4.